The van der Waals surface area contributed by atoms with E-state index in [0.29, 0.717) is 23.1 Å². The topological polar surface area (TPSA) is 101 Å². The predicted molar refractivity (Wildman–Crippen MR) is 86.8 cm³/mol. The molecule has 7 nitrogen and oxygen atoms in total. The summed E-state index contributed by atoms with van der Waals surface area (Å²) < 4.78 is 0. The summed E-state index contributed by atoms with van der Waals surface area (Å²) in [5.41, 5.74) is 1.47. The molecule has 3 rings (SSSR count). The van der Waals surface area contributed by atoms with Crippen LogP contribution in [0.4, 0.5) is 0 Å². The Hall–Kier alpha value is -1.67. The molecule has 1 N–H and O–H groups in total. The number of nitrogens with zero attached hydrogens (tertiary/aromatic N) is 2. The van der Waals surface area contributed by atoms with Crippen LogP contribution >= 0.6 is 0 Å². The normalized spacial score (nSPS) is 22.3. The van der Waals surface area contributed by atoms with Gasteiger partial charge in [0, 0.05) is 19.7 Å². The molecule has 2 aliphatic heterocycles. The van der Waals surface area contributed by atoms with Crippen LogP contribution < -0.4 is 34.7 Å². The Balaban J connectivity index is 0.00000243. The van der Waals surface area contributed by atoms with Gasteiger partial charge in [0.1, 0.15) is 0 Å². The number of hydrogen-bond acceptors (Lipinski definition) is 5. The second kappa shape index (κ2) is 7.52. The molecule has 1 aromatic carbocycles. The van der Waals surface area contributed by atoms with Crippen LogP contribution in [0.2, 0.25) is 0 Å². The number of hydrogen-bond donors (Lipinski definition) is 1. The molecule has 1 fully saturated rings. The molecule has 132 valence electrons. The number of fused-ring (bicyclic) bond motifs is 1. The molecule has 1 saturated heterocycles. The van der Waals surface area contributed by atoms with E-state index in [9.17, 15) is 24.6 Å². The third-order valence-corrected chi connectivity index (χ3v) is 4.81. The number of aliphatic carboxylic acids is 1. The Morgan fingerprint density at radius 1 is 1.27 bits per heavy atom. The minimum Gasteiger partial charge on any atom is -0.543 e. The number of carboxylic acid groups (broad SMARTS) is 1. The first-order valence-electron chi connectivity index (χ1n) is 8.01. The zero-order chi connectivity index (χ0) is 18.5. The van der Waals surface area contributed by atoms with E-state index in [2.05, 4.69) is 0 Å². The van der Waals surface area contributed by atoms with Crippen molar-refractivity contribution in [3.8, 4) is 0 Å². The van der Waals surface area contributed by atoms with E-state index in [0.717, 1.165) is 0 Å². The molecule has 2 amide bonds. The summed E-state index contributed by atoms with van der Waals surface area (Å²) in [6, 6.07) is 6.23. The van der Waals surface area contributed by atoms with E-state index in [1.165, 1.54) is 16.7 Å². The van der Waals surface area contributed by atoms with Crippen molar-refractivity contribution in [2.45, 2.75) is 25.5 Å². The van der Waals surface area contributed by atoms with Gasteiger partial charge in [0.25, 0.3) is 5.91 Å². The van der Waals surface area contributed by atoms with Crippen molar-refractivity contribution in [3.63, 3.8) is 0 Å². The fourth-order valence-corrected chi connectivity index (χ4v) is 3.59. The summed E-state index contributed by atoms with van der Waals surface area (Å²) in [5, 5.41) is 21.3. The second-order valence-electron chi connectivity index (χ2n) is 6.64. The van der Waals surface area contributed by atoms with Gasteiger partial charge in [-0.25, -0.2) is 0 Å². The number of carbonyl (C=O) groups is 3. The Kier molecular flexibility index (Phi) is 5.97. The first kappa shape index (κ1) is 20.6. The largest absolute Gasteiger partial charge is 1.00 e. The molecule has 3 atom stereocenters. The molecule has 2 heterocycles. The second-order valence-corrected chi connectivity index (χ2v) is 6.64. The molecule has 3 unspecified atom stereocenters. The van der Waals surface area contributed by atoms with Crippen LogP contribution in [-0.2, 0) is 9.59 Å². The minimum atomic E-state index is -1.41. The van der Waals surface area contributed by atoms with Crippen LogP contribution in [0, 0.1) is 5.92 Å². The number of benzene rings is 1. The van der Waals surface area contributed by atoms with Crippen LogP contribution in [0.25, 0.3) is 5.57 Å². The van der Waals surface area contributed by atoms with Crippen LogP contribution in [-0.4, -0.2) is 58.9 Å². The standard InChI is InChI=1S/C18H20N2O5.Na/c1-9(21)14-13-8-12(15(18(24)25)20(13)17(14)23)10-4-6-11(7-5-10)16(22)19(2)3;/h4-7,9,13-14,21H,8H2,1-3H3,(H,24,25);/q;+1/p-1. The molecule has 0 aromatic heterocycles. The average Bonchev–Trinajstić information content (AvgIpc) is 2.89. The fourth-order valence-electron chi connectivity index (χ4n) is 3.59. The van der Waals surface area contributed by atoms with E-state index in [4.69, 9.17) is 0 Å². The minimum absolute atomic E-state index is 0. The van der Waals surface area contributed by atoms with E-state index >= 15 is 0 Å². The van der Waals surface area contributed by atoms with Crippen molar-refractivity contribution in [1.82, 2.24) is 9.80 Å². The SMILES string of the molecule is CC(O)C1C(=O)N2C(C(=O)[O-])=C(c3ccc(C(=O)N(C)C)cc3)CC12.[Na+]. The van der Waals surface area contributed by atoms with Crippen molar-refractivity contribution in [3.05, 3.63) is 41.1 Å². The molecular formula is C18H19N2NaO5. The molecule has 0 saturated carbocycles. The Morgan fingerprint density at radius 2 is 1.85 bits per heavy atom. The van der Waals surface area contributed by atoms with Gasteiger partial charge in [-0.15, -0.1) is 0 Å². The maximum Gasteiger partial charge on any atom is 1.00 e. The Morgan fingerprint density at radius 3 is 2.31 bits per heavy atom. The maximum absolute atomic E-state index is 12.2. The van der Waals surface area contributed by atoms with Crippen molar-refractivity contribution in [2.24, 2.45) is 5.92 Å². The summed E-state index contributed by atoms with van der Waals surface area (Å²) in [6.45, 7) is 1.53. The van der Waals surface area contributed by atoms with E-state index < -0.39 is 23.9 Å². The van der Waals surface area contributed by atoms with Gasteiger partial charge < -0.3 is 24.8 Å². The number of rotatable bonds is 4. The van der Waals surface area contributed by atoms with Crippen molar-refractivity contribution < 1.29 is 54.2 Å². The third kappa shape index (κ3) is 3.20. The zero-order valence-electron chi connectivity index (χ0n) is 15.2. The molecule has 0 spiro atoms. The van der Waals surface area contributed by atoms with Gasteiger partial charge in [-0.1, -0.05) is 12.1 Å². The number of β-lactam (4-membered cyclic amide) rings is 1. The molecule has 1 aromatic rings. The van der Waals surface area contributed by atoms with Crippen LogP contribution in [0.3, 0.4) is 0 Å². The molecule has 0 bridgehead atoms. The van der Waals surface area contributed by atoms with Crippen molar-refractivity contribution in [2.75, 3.05) is 14.1 Å². The number of aliphatic hydroxyl groups is 1. The molecular weight excluding hydrogens is 347 g/mol. The first-order valence-corrected chi connectivity index (χ1v) is 8.01. The van der Waals surface area contributed by atoms with Gasteiger partial charge in [-0.05, 0) is 36.6 Å². The summed E-state index contributed by atoms with van der Waals surface area (Å²) in [6.07, 6.45) is -0.498. The molecule has 8 heteroatoms. The summed E-state index contributed by atoms with van der Waals surface area (Å²) >= 11 is 0. The van der Waals surface area contributed by atoms with E-state index in [1.54, 1.807) is 38.4 Å². The summed E-state index contributed by atoms with van der Waals surface area (Å²) in [7, 11) is 3.30. The van der Waals surface area contributed by atoms with Crippen LogP contribution in [0.1, 0.15) is 29.3 Å². The zero-order valence-corrected chi connectivity index (χ0v) is 17.2. The quantitative estimate of drug-likeness (QED) is 0.440. The average molecular weight is 366 g/mol. The Labute approximate surface area is 173 Å². The van der Waals surface area contributed by atoms with E-state index in [-0.39, 0.29) is 47.2 Å². The van der Waals surface area contributed by atoms with Crippen LogP contribution in [0.15, 0.2) is 30.0 Å². The van der Waals surface area contributed by atoms with Gasteiger partial charge >= 0.3 is 29.6 Å². The van der Waals surface area contributed by atoms with Gasteiger partial charge in [0.2, 0.25) is 5.91 Å². The summed E-state index contributed by atoms with van der Waals surface area (Å²) in [5.74, 6) is -2.56. The van der Waals surface area contributed by atoms with Gasteiger partial charge in [-0.2, -0.15) is 0 Å². The molecule has 0 aliphatic carbocycles. The molecule has 0 radical (unpaired) electrons. The van der Waals surface area contributed by atoms with Gasteiger partial charge in [0.15, 0.2) is 0 Å². The number of aliphatic hydroxyl groups excluding tert-OH is 1. The van der Waals surface area contributed by atoms with E-state index in [1.807, 2.05) is 0 Å². The predicted octanol–water partition coefficient (Wildman–Crippen LogP) is -3.54. The smallest absolute Gasteiger partial charge is 0.543 e. The molecule has 2 aliphatic rings. The fraction of sp³-hybridized carbons (Fsp3) is 0.389. The monoisotopic (exact) mass is 366 g/mol. The van der Waals surface area contributed by atoms with Gasteiger partial charge in [-0.3, -0.25) is 9.59 Å². The van der Waals surface area contributed by atoms with Crippen molar-refractivity contribution in [1.29, 1.82) is 0 Å². The van der Waals surface area contributed by atoms with Crippen LogP contribution in [0.5, 0.6) is 0 Å². The van der Waals surface area contributed by atoms with Crippen molar-refractivity contribution >= 4 is 23.4 Å². The first-order chi connectivity index (χ1) is 11.7. The number of carboxylic acids is 1. The Bertz CT molecular complexity index is 785. The maximum atomic E-state index is 12.2. The summed E-state index contributed by atoms with van der Waals surface area (Å²) in [4.78, 5) is 38.4. The molecule has 26 heavy (non-hydrogen) atoms. The van der Waals surface area contributed by atoms with Gasteiger partial charge in [0.05, 0.1) is 29.7 Å². The number of amides is 2. The third-order valence-electron chi connectivity index (χ3n) is 4.81. The number of carbonyl (C=O) groups excluding carboxylic acids is 3.